The lowest BCUT2D eigenvalue weighted by molar-refractivity contribution is -0.143. The SMILES string of the molecule is CCC(C)C(NC(=O)C(CS)NC(=O)C(N)Cc1c[nH]c2ccccc12)C(=O)NC(CC(C)C)C(=O)O. The zero-order valence-electron chi connectivity index (χ0n) is 21.8. The fraction of sp³-hybridized carbons (Fsp3) is 0.538. The molecular weight excluding hydrogens is 494 g/mol. The van der Waals surface area contributed by atoms with Gasteiger partial charge in [0.05, 0.1) is 6.04 Å². The number of nitrogens with two attached hydrogens (primary N) is 1. The Morgan fingerprint density at radius 2 is 1.65 bits per heavy atom. The minimum atomic E-state index is -1.14. The Kier molecular flexibility index (Phi) is 11.4. The summed E-state index contributed by atoms with van der Waals surface area (Å²) in [5, 5.41) is 18.3. The maximum Gasteiger partial charge on any atom is 0.326 e. The number of hydrogen-bond acceptors (Lipinski definition) is 6. The van der Waals surface area contributed by atoms with Gasteiger partial charge in [-0.3, -0.25) is 14.4 Å². The van der Waals surface area contributed by atoms with Crippen molar-refractivity contribution < 1.29 is 24.3 Å². The molecule has 0 radical (unpaired) electrons. The molecule has 0 aliphatic heterocycles. The van der Waals surface area contributed by atoms with Crippen LogP contribution in [0.1, 0.15) is 46.1 Å². The fourth-order valence-corrected chi connectivity index (χ4v) is 4.27. The van der Waals surface area contributed by atoms with Gasteiger partial charge >= 0.3 is 5.97 Å². The zero-order chi connectivity index (χ0) is 27.7. The van der Waals surface area contributed by atoms with E-state index in [2.05, 4.69) is 33.6 Å². The highest BCUT2D eigenvalue weighted by Crippen LogP contribution is 2.19. The molecule has 1 aromatic carbocycles. The molecule has 0 saturated carbocycles. The van der Waals surface area contributed by atoms with Gasteiger partial charge in [0.2, 0.25) is 17.7 Å². The van der Waals surface area contributed by atoms with E-state index in [0.29, 0.717) is 6.42 Å². The number of amides is 3. The standard InChI is InChI=1S/C26H39N5O5S/c1-5-15(4)22(25(34)29-20(26(35)36)10-14(2)3)31-24(33)21(13-37)30-23(32)18(27)11-16-12-28-19-9-7-6-8-17(16)19/h6-9,12,14-15,18,20-22,28,37H,5,10-11,13,27H2,1-4H3,(H,29,34)(H,30,32)(H,31,33)(H,35,36). The van der Waals surface area contributed by atoms with Gasteiger partial charge in [-0.1, -0.05) is 52.3 Å². The number of aromatic amines is 1. The zero-order valence-corrected chi connectivity index (χ0v) is 22.7. The molecular formula is C26H39N5O5S. The second kappa shape index (κ2) is 14.0. The van der Waals surface area contributed by atoms with E-state index >= 15 is 0 Å². The smallest absolute Gasteiger partial charge is 0.326 e. The van der Waals surface area contributed by atoms with Crippen molar-refractivity contribution in [3.8, 4) is 0 Å². The van der Waals surface area contributed by atoms with E-state index in [9.17, 15) is 24.3 Å². The molecule has 2 aromatic rings. The van der Waals surface area contributed by atoms with Gasteiger partial charge in [-0.15, -0.1) is 0 Å². The Morgan fingerprint density at radius 3 is 2.24 bits per heavy atom. The fourth-order valence-electron chi connectivity index (χ4n) is 4.01. The summed E-state index contributed by atoms with van der Waals surface area (Å²) in [5.74, 6) is -3.09. The van der Waals surface area contributed by atoms with Crippen molar-refractivity contribution >= 4 is 47.2 Å². The highest BCUT2D eigenvalue weighted by Gasteiger charge is 2.32. The number of carbonyl (C=O) groups excluding carboxylic acids is 3. The van der Waals surface area contributed by atoms with Gasteiger partial charge in [-0.05, 0) is 36.3 Å². The first-order chi connectivity index (χ1) is 17.5. The van der Waals surface area contributed by atoms with Gasteiger partial charge in [0.25, 0.3) is 0 Å². The van der Waals surface area contributed by atoms with E-state index in [-0.39, 0.29) is 30.4 Å². The normalized spacial score (nSPS) is 15.4. The Bertz CT molecular complexity index is 1090. The predicted molar refractivity (Wildman–Crippen MR) is 146 cm³/mol. The Balaban J connectivity index is 2.06. The molecule has 204 valence electrons. The van der Waals surface area contributed by atoms with E-state index in [1.165, 1.54) is 0 Å². The van der Waals surface area contributed by atoms with Crippen LogP contribution < -0.4 is 21.7 Å². The van der Waals surface area contributed by atoms with Gasteiger partial charge in [0.15, 0.2) is 0 Å². The molecule has 1 heterocycles. The third-order valence-corrected chi connectivity index (χ3v) is 6.75. The molecule has 0 bridgehead atoms. The Labute approximate surface area is 222 Å². The summed E-state index contributed by atoms with van der Waals surface area (Å²) in [4.78, 5) is 53.6. The molecule has 0 fully saturated rings. The number of fused-ring (bicyclic) bond motifs is 1. The quantitative estimate of drug-likeness (QED) is 0.182. The largest absolute Gasteiger partial charge is 0.480 e. The highest BCUT2D eigenvalue weighted by molar-refractivity contribution is 7.80. The van der Waals surface area contributed by atoms with Crippen LogP contribution in [0.4, 0.5) is 0 Å². The first-order valence-corrected chi connectivity index (χ1v) is 13.2. The Hall–Kier alpha value is -3.05. The number of rotatable bonds is 14. The lowest BCUT2D eigenvalue weighted by Crippen LogP contribution is -2.59. The van der Waals surface area contributed by atoms with Crippen LogP contribution in [0.3, 0.4) is 0 Å². The van der Waals surface area contributed by atoms with Crippen molar-refractivity contribution in [3.05, 3.63) is 36.0 Å². The van der Waals surface area contributed by atoms with E-state index in [0.717, 1.165) is 16.5 Å². The Morgan fingerprint density at radius 1 is 1.00 bits per heavy atom. The van der Waals surface area contributed by atoms with Crippen molar-refractivity contribution in [3.63, 3.8) is 0 Å². The van der Waals surface area contributed by atoms with Crippen LogP contribution in [0, 0.1) is 11.8 Å². The third-order valence-electron chi connectivity index (χ3n) is 6.38. The number of benzene rings is 1. The number of carbonyl (C=O) groups is 4. The predicted octanol–water partition coefficient (Wildman–Crippen LogP) is 1.60. The number of carboxylic acids is 1. The van der Waals surface area contributed by atoms with E-state index in [1.807, 2.05) is 45.0 Å². The number of aliphatic carboxylic acids is 1. The van der Waals surface area contributed by atoms with E-state index < -0.39 is 47.9 Å². The van der Waals surface area contributed by atoms with Crippen molar-refractivity contribution in [2.45, 2.75) is 71.1 Å². The average Bonchev–Trinajstić information content (AvgIpc) is 3.26. The van der Waals surface area contributed by atoms with Gasteiger partial charge in [0.1, 0.15) is 18.1 Å². The second-order valence-corrected chi connectivity index (χ2v) is 10.2. The number of para-hydroxylation sites is 1. The average molecular weight is 534 g/mol. The van der Waals surface area contributed by atoms with Crippen molar-refractivity contribution in [2.24, 2.45) is 17.6 Å². The maximum absolute atomic E-state index is 13.0. The summed E-state index contributed by atoms with van der Waals surface area (Å²) >= 11 is 4.20. The molecule has 0 spiro atoms. The summed E-state index contributed by atoms with van der Waals surface area (Å²) in [6.45, 7) is 7.37. The first-order valence-electron chi connectivity index (χ1n) is 12.5. The maximum atomic E-state index is 13.0. The minimum Gasteiger partial charge on any atom is -0.480 e. The minimum absolute atomic E-state index is 0.0165. The molecule has 5 unspecified atom stereocenters. The number of thiol groups is 1. The molecule has 0 aliphatic rings. The lowest BCUT2D eigenvalue weighted by atomic mass is 9.96. The highest BCUT2D eigenvalue weighted by atomic mass is 32.1. The van der Waals surface area contributed by atoms with Gasteiger partial charge in [-0.25, -0.2) is 4.79 Å². The number of hydrogen-bond donors (Lipinski definition) is 7. The van der Waals surface area contributed by atoms with Gasteiger partial charge < -0.3 is 31.8 Å². The van der Waals surface area contributed by atoms with E-state index in [1.54, 1.807) is 13.1 Å². The molecule has 2 rings (SSSR count). The molecule has 5 atom stereocenters. The van der Waals surface area contributed by atoms with Crippen LogP contribution in [-0.2, 0) is 25.6 Å². The topological polar surface area (TPSA) is 166 Å². The second-order valence-electron chi connectivity index (χ2n) is 9.81. The van der Waals surface area contributed by atoms with Crippen molar-refractivity contribution in [1.82, 2.24) is 20.9 Å². The molecule has 10 nitrogen and oxygen atoms in total. The van der Waals surface area contributed by atoms with Crippen molar-refractivity contribution in [2.75, 3.05) is 5.75 Å². The number of H-pyrrole nitrogens is 1. The summed E-state index contributed by atoms with van der Waals surface area (Å²) in [7, 11) is 0. The number of carboxylic acid groups (broad SMARTS) is 1. The number of aromatic nitrogens is 1. The molecule has 3 amide bonds. The molecule has 0 aliphatic carbocycles. The lowest BCUT2D eigenvalue weighted by Gasteiger charge is -2.28. The summed E-state index contributed by atoms with van der Waals surface area (Å²) in [6.07, 6.45) is 2.89. The van der Waals surface area contributed by atoms with Crippen LogP contribution in [-0.4, -0.2) is 63.7 Å². The number of nitrogens with one attached hydrogen (secondary N) is 4. The molecule has 1 aromatic heterocycles. The summed E-state index contributed by atoms with van der Waals surface area (Å²) in [5.41, 5.74) is 7.96. The third kappa shape index (κ3) is 8.50. The van der Waals surface area contributed by atoms with Crippen LogP contribution in [0.5, 0.6) is 0 Å². The van der Waals surface area contributed by atoms with Gasteiger partial charge in [0, 0.05) is 22.9 Å². The van der Waals surface area contributed by atoms with Gasteiger partial charge in [-0.2, -0.15) is 12.6 Å². The molecule has 11 heteroatoms. The van der Waals surface area contributed by atoms with Crippen LogP contribution in [0.15, 0.2) is 30.5 Å². The van der Waals surface area contributed by atoms with Crippen LogP contribution in [0.25, 0.3) is 10.9 Å². The van der Waals surface area contributed by atoms with Crippen LogP contribution in [0.2, 0.25) is 0 Å². The van der Waals surface area contributed by atoms with E-state index in [4.69, 9.17) is 5.73 Å². The molecule has 0 saturated heterocycles. The van der Waals surface area contributed by atoms with Crippen LogP contribution >= 0.6 is 12.6 Å². The molecule has 7 N–H and O–H groups in total. The first kappa shape index (κ1) is 30.2. The molecule has 37 heavy (non-hydrogen) atoms. The summed E-state index contributed by atoms with van der Waals surface area (Å²) < 4.78 is 0. The monoisotopic (exact) mass is 533 g/mol. The summed E-state index contributed by atoms with van der Waals surface area (Å²) in [6, 6.07) is 3.68. The van der Waals surface area contributed by atoms with Crippen molar-refractivity contribution in [1.29, 1.82) is 0 Å².